The van der Waals surface area contributed by atoms with E-state index in [2.05, 4.69) is 23.7 Å². The first kappa shape index (κ1) is 13.1. The second-order valence-corrected chi connectivity index (χ2v) is 6.14. The third-order valence-corrected chi connectivity index (χ3v) is 4.52. The minimum atomic E-state index is 0.435. The van der Waals surface area contributed by atoms with Gasteiger partial charge in [0, 0.05) is 44.3 Å². The first-order valence-electron chi connectivity index (χ1n) is 7.54. The molecule has 2 aliphatic rings. The van der Waals surface area contributed by atoms with Gasteiger partial charge in [-0.1, -0.05) is 13.8 Å². The van der Waals surface area contributed by atoms with Crippen LogP contribution in [0.2, 0.25) is 0 Å². The maximum Gasteiger partial charge on any atom is 0.112 e. The van der Waals surface area contributed by atoms with Gasteiger partial charge in [0.05, 0.1) is 11.8 Å². The van der Waals surface area contributed by atoms with Gasteiger partial charge in [-0.3, -0.25) is 0 Å². The number of hydrogen-bond acceptors (Lipinski definition) is 3. The molecule has 19 heavy (non-hydrogen) atoms. The van der Waals surface area contributed by atoms with E-state index in [1.54, 1.807) is 0 Å². The molecule has 1 fully saturated rings. The number of rotatable bonds is 3. The standard InChI is InChI=1S/C15H25N3O/c1-10(2)15-17-13-9-16-7-6-14(13)18(15)11-4-5-12(8-11)19-3/h10-12,16H,4-9H2,1-3H3. The third-order valence-electron chi connectivity index (χ3n) is 4.52. The van der Waals surface area contributed by atoms with Crippen LogP contribution in [-0.2, 0) is 17.7 Å². The molecule has 0 aromatic carbocycles. The summed E-state index contributed by atoms with van der Waals surface area (Å²) in [5.41, 5.74) is 2.75. The minimum Gasteiger partial charge on any atom is -0.381 e. The molecule has 0 amide bonds. The maximum absolute atomic E-state index is 5.54. The second-order valence-electron chi connectivity index (χ2n) is 6.14. The topological polar surface area (TPSA) is 39.1 Å². The molecular weight excluding hydrogens is 238 g/mol. The van der Waals surface area contributed by atoms with Gasteiger partial charge < -0.3 is 14.6 Å². The summed E-state index contributed by atoms with van der Waals surface area (Å²) in [5, 5.41) is 3.43. The molecule has 0 radical (unpaired) electrons. The Kier molecular flexibility index (Phi) is 3.63. The molecule has 3 rings (SSSR count). The van der Waals surface area contributed by atoms with Crippen molar-refractivity contribution in [2.75, 3.05) is 13.7 Å². The van der Waals surface area contributed by atoms with E-state index in [0.29, 0.717) is 18.1 Å². The summed E-state index contributed by atoms with van der Waals surface area (Å²) >= 11 is 0. The van der Waals surface area contributed by atoms with Gasteiger partial charge in [0.1, 0.15) is 5.82 Å². The molecule has 1 N–H and O–H groups in total. The highest BCUT2D eigenvalue weighted by atomic mass is 16.5. The molecule has 1 aromatic heterocycles. The summed E-state index contributed by atoms with van der Waals surface area (Å²) in [7, 11) is 1.84. The molecule has 1 saturated carbocycles. The minimum absolute atomic E-state index is 0.435. The maximum atomic E-state index is 5.54. The van der Waals surface area contributed by atoms with Crippen molar-refractivity contribution in [2.24, 2.45) is 0 Å². The van der Waals surface area contributed by atoms with Gasteiger partial charge in [-0.05, 0) is 19.3 Å². The Morgan fingerprint density at radius 1 is 1.37 bits per heavy atom. The Labute approximate surface area is 115 Å². The summed E-state index contributed by atoms with van der Waals surface area (Å²) in [6, 6.07) is 0.594. The normalized spacial score (nSPS) is 26.9. The third kappa shape index (κ3) is 2.32. The molecule has 106 valence electrons. The predicted octanol–water partition coefficient (Wildman–Crippen LogP) is 2.39. The molecule has 1 aliphatic carbocycles. The first-order valence-corrected chi connectivity index (χ1v) is 7.54. The zero-order chi connectivity index (χ0) is 13.4. The molecular formula is C15H25N3O. The Hall–Kier alpha value is -0.870. The Morgan fingerprint density at radius 3 is 2.89 bits per heavy atom. The van der Waals surface area contributed by atoms with Crippen LogP contribution in [0.1, 0.15) is 62.3 Å². The fourth-order valence-electron chi connectivity index (χ4n) is 3.53. The van der Waals surface area contributed by atoms with Gasteiger partial charge in [0.25, 0.3) is 0 Å². The quantitative estimate of drug-likeness (QED) is 0.910. The summed E-state index contributed by atoms with van der Waals surface area (Å²) in [4.78, 5) is 4.91. The smallest absolute Gasteiger partial charge is 0.112 e. The molecule has 0 bridgehead atoms. The van der Waals surface area contributed by atoms with Gasteiger partial charge in [0.2, 0.25) is 0 Å². The van der Waals surface area contributed by atoms with Crippen molar-refractivity contribution in [3.63, 3.8) is 0 Å². The lowest BCUT2D eigenvalue weighted by Gasteiger charge is -2.22. The fraction of sp³-hybridized carbons (Fsp3) is 0.800. The zero-order valence-electron chi connectivity index (χ0n) is 12.3. The van der Waals surface area contributed by atoms with Crippen LogP contribution in [0, 0.1) is 0 Å². The summed E-state index contributed by atoms with van der Waals surface area (Å²) in [5.74, 6) is 1.77. The van der Waals surface area contributed by atoms with Crippen LogP contribution in [0.4, 0.5) is 0 Å². The molecule has 0 saturated heterocycles. The monoisotopic (exact) mass is 263 g/mol. The molecule has 2 heterocycles. The lowest BCUT2D eigenvalue weighted by atomic mass is 10.1. The molecule has 4 nitrogen and oxygen atoms in total. The molecule has 1 aromatic rings. The van der Waals surface area contributed by atoms with Gasteiger partial charge in [0.15, 0.2) is 0 Å². The summed E-state index contributed by atoms with van der Waals surface area (Å²) in [6.07, 6.45) is 5.11. The van der Waals surface area contributed by atoms with E-state index < -0.39 is 0 Å². The summed E-state index contributed by atoms with van der Waals surface area (Å²) in [6.45, 7) is 6.51. The Bertz CT molecular complexity index is 452. The van der Waals surface area contributed by atoms with Crippen LogP contribution in [-0.4, -0.2) is 29.3 Å². The number of hydrogen-bond donors (Lipinski definition) is 1. The number of ether oxygens (including phenoxy) is 1. The number of fused-ring (bicyclic) bond motifs is 1. The van der Waals surface area contributed by atoms with Gasteiger partial charge in [-0.25, -0.2) is 4.98 Å². The predicted molar refractivity (Wildman–Crippen MR) is 75.4 cm³/mol. The van der Waals surface area contributed by atoms with Crippen LogP contribution in [0.5, 0.6) is 0 Å². The van der Waals surface area contributed by atoms with Crippen molar-refractivity contribution in [3.8, 4) is 0 Å². The van der Waals surface area contributed by atoms with Crippen molar-refractivity contribution in [1.82, 2.24) is 14.9 Å². The highest BCUT2D eigenvalue weighted by Gasteiger charge is 2.31. The average Bonchev–Trinajstić information content (AvgIpc) is 3.02. The first-order chi connectivity index (χ1) is 9.20. The fourth-order valence-corrected chi connectivity index (χ4v) is 3.53. The molecule has 2 atom stereocenters. The van der Waals surface area contributed by atoms with E-state index >= 15 is 0 Å². The number of imidazole rings is 1. The van der Waals surface area contributed by atoms with Crippen molar-refractivity contribution in [2.45, 2.75) is 64.1 Å². The van der Waals surface area contributed by atoms with Gasteiger partial charge >= 0.3 is 0 Å². The van der Waals surface area contributed by atoms with Gasteiger partial charge in [-0.15, -0.1) is 0 Å². The van der Waals surface area contributed by atoms with Crippen molar-refractivity contribution in [3.05, 3.63) is 17.2 Å². The zero-order valence-corrected chi connectivity index (χ0v) is 12.3. The van der Waals surface area contributed by atoms with E-state index in [-0.39, 0.29) is 0 Å². The van der Waals surface area contributed by atoms with E-state index in [4.69, 9.17) is 9.72 Å². The van der Waals surface area contributed by atoms with Crippen molar-refractivity contribution >= 4 is 0 Å². The largest absolute Gasteiger partial charge is 0.381 e. The molecule has 0 spiro atoms. The Balaban J connectivity index is 1.96. The van der Waals surface area contributed by atoms with Gasteiger partial charge in [-0.2, -0.15) is 0 Å². The van der Waals surface area contributed by atoms with E-state index in [1.165, 1.54) is 30.1 Å². The highest BCUT2D eigenvalue weighted by Crippen LogP contribution is 2.36. The number of aromatic nitrogens is 2. The van der Waals surface area contributed by atoms with Crippen LogP contribution in [0.25, 0.3) is 0 Å². The lowest BCUT2D eigenvalue weighted by molar-refractivity contribution is 0.105. The SMILES string of the molecule is COC1CCC(n2c(C(C)C)nc3c2CCNC3)C1. The molecule has 2 unspecified atom stereocenters. The van der Waals surface area contributed by atoms with E-state index in [9.17, 15) is 0 Å². The number of nitrogens with one attached hydrogen (secondary N) is 1. The number of nitrogens with zero attached hydrogens (tertiary/aromatic N) is 2. The van der Waals surface area contributed by atoms with E-state index in [0.717, 1.165) is 25.9 Å². The number of methoxy groups -OCH3 is 1. The average molecular weight is 263 g/mol. The lowest BCUT2D eigenvalue weighted by Crippen LogP contribution is -2.26. The van der Waals surface area contributed by atoms with Crippen LogP contribution < -0.4 is 5.32 Å². The van der Waals surface area contributed by atoms with Crippen LogP contribution in [0.15, 0.2) is 0 Å². The molecule has 1 aliphatic heterocycles. The van der Waals surface area contributed by atoms with E-state index in [1.807, 2.05) is 7.11 Å². The van der Waals surface area contributed by atoms with Crippen LogP contribution >= 0.6 is 0 Å². The molecule has 4 heteroatoms. The van der Waals surface area contributed by atoms with Crippen molar-refractivity contribution < 1.29 is 4.74 Å². The van der Waals surface area contributed by atoms with Crippen LogP contribution in [0.3, 0.4) is 0 Å². The van der Waals surface area contributed by atoms with Crippen molar-refractivity contribution in [1.29, 1.82) is 0 Å². The Morgan fingerprint density at radius 2 is 2.21 bits per heavy atom. The second kappa shape index (κ2) is 5.25. The highest BCUT2D eigenvalue weighted by molar-refractivity contribution is 5.23. The summed E-state index contributed by atoms with van der Waals surface area (Å²) < 4.78 is 8.09.